The molecule has 1 fully saturated rings. The van der Waals surface area contributed by atoms with E-state index in [1.165, 1.54) is 0 Å². The van der Waals surface area contributed by atoms with Gasteiger partial charge in [0, 0.05) is 25.9 Å². The summed E-state index contributed by atoms with van der Waals surface area (Å²) in [5.41, 5.74) is 0.863. The first-order chi connectivity index (χ1) is 18.8. The fraction of sp³-hybridized carbons (Fsp3) is 0.393. The second-order valence-electron chi connectivity index (χ2n) is 10.2. The summed E-state index contributed by atoms with van der Waals surface area (Å²) in [6.07, 6.45) is 3.95. The number of piperidine rings is 1. The van der Waals surface area contributed by atoms with Crippen LogP contribution in [-0.2, 0) is 19.6 Å². The maximum atomic E-state index is 12.9. The fourth-order valence-corrected chi connectivity index (χ4v) is 5.69. The van der Waals surface area contributed by atoms with Crippen LogP contribution in [0.5, 0.6) is 5.75 Å². The van der Waals surface area contributed by atoms with E-state index in [-0.39, 0.29) is 24.4 Å². The Balaban J connectivity index is 1.73. The van der Waals surface area contributed by atoms with Crippen molar-refractivity contribution in [1.29, 1.82) is 5.26 Å². The number of nitriles is 1. The Morgan fingerprint density at radius 1 is 1.20 bits per heavy atom. The molecule has 0 spiro atoms. The smallest absolute Gasteiger partial charge is 0.410 e. The van der Waals surface area contributed by atoms with Gasteiger partial charge in [-0.15, -0.1) is 0 Å². The minimum absolute atomic E-state index is 0.123. The number of carboxylic acids is 1. The number of rotatable bonds is 9. The van der Waals surface area contributed by atoms with Crippen LogP contribution < -0.4 is 9.04 Å². The van der Waals surface area contributed by atoms with Crippen molar-refractivity contribution < 1.29 is 32.6 Å². The molecule has 40 heavy (non-hydrogen) atoms. The van der Waals surface area contributed by atoms with E-state index in [1.807, 2.05) is 26.8 Å². The van der Waals surface area contributed by atoms with Crippen molar-refractivity contribution in [1.82, 2.24) is 4.90 Å². The second-order valence-corrected chi connectivity index (χ2v) is 13.0. The first-order valence-electron chi connectivity index (χ1n) is 12.6. The predicted molar refractivity (Wildman–Crippen MR) is 155 cm³/mol. The van der Waals surface area contributed by atoms with Crippen LogP contribution in [0.15, 0.2) is 53.0 Å². The van der Waals surface area contributed by atoms with Gasteiger partial charge in [0.25, 0.3) is 0 Å². The van der Waals surface area contributed by atoms with Crippen molar-refractivity contribution in [3.63, 3.8) is 0 Å². The average Bonchev–Trinajstić information content (AvgIpc) is 2.86. The van der Waals surface area contributed by atoms with Gasteiger partial charge in [-0.05, 0) is 72.6 Å². The standard InChI is InChI=1S/C28H32BrN3O7S/c1-28(2,3)39-27(35)31-14-11-23(12-15-31)38-25-10-9-22(17-24(25)29)32(40(36,37)19-26(33)34)13-5-8-20-6-4-7-21(16-20)18-30/h4-10,16-17,23H,11-15,19H2,1-3H3,(H,33,34). The first kappa shape index (κ1) is 31.0. The van der Waals surface area contributed by atoms with E-state index in [2.05, 4.69) is 15.9 Å². The lowest BCUT2D eigenvalue weighted by molar-refractivity contribution is -0.134. The Hall–Kier alpha value is -3.56. The predicted octanol–water partition coefficient (Wildman–Crippen LogP) is 5.03. The molecule has 0 saturated carbocycles. The molecule has 0 unspecified atom stereocenters. The number of halogens is 1. The van der Waals surface area contributed by atoms with E-state index in [0.717, 1.165) is 4.31 Å². The molecule has 214 valence electrons. The molecule has 0 bridgehead atoms. The maximum absolute atomic E-state index is 12.9. The number of carbonyl (C=O) groups excluding carboxylic acids is 1. The Labute approximate surface area is 243 Å². The lowest BCUT2D eigenvalue weighted by Crippen LogP contribution is -2.44. The van der Waals surface area contributed by atoms with Crippen LogP contribution in [0.1, 0.15) is 44.7 Å². The van der Waals surface area contributed by atoms with Crippen LogP contribution in [0.2, 0.25) is 0 Å². The molecule has 1 amide bonds. The van der Waals surface area contributed by atoms with E-state index >= 15 is 0 Å². The minimum atomic E-state index is -4.21. The molecule has 2 aromatic rings. The lowest BCUT2D eigenvalue weighted by atomic mass is 10.1. The SMILES string of the molecule is CC(C)(C)OC(=O)N1CCC(Oc2ccc(N(CC=Cc3cccc(C#N)c3)S(=O)(=O)CC(=O)O)cc2Br)CC1. The molecular formula is C28H32BrN3O7S. The van der Waals surface area contributed by atoms with Crippen LogP contribution in [-0.4, -0.2) is 67.6 Å². The third-order valence-corrected chi connectivity index (χ3v) is 8.09. The fourth-order valence-electron chi connectivity index (χ4n) is 4.01. The molecule has 10 nitrogen and oxygen atoms in total. The summed E-state index contributed by atoms with van der Waals surface area (Å²) in [5, 5.41) is 18.3. The van der Waals surface area contributed by atoms with Crippen molar-refractivity contribution >= 4 is 49.8 Å². The highest BCUT2D eigenvalue weighted by atomic mass is 79.9. The molecule has 1 aliphatic heterocycles. The molecule has 0 radical (unpaired) electrons. The normalized spacial score (nSPS) is 14.5. The minimum Gasteiger partial charge on any atom is -0.489 e. The van der Waals surface area contributed by atoms with Gasteiger partial charge in [-0.1, -0.05) is 24.3 Å². The molecule has 2 aromatic carbocycles. The van der Waals surface area contributed by atoms with Gasteiger partial charge < -0.3 is 19.5 Å². The number of sulfonamides is 1. The van der Waals surface area contributed by atoms with Gasteiger partial charge in [-0.3, -0.25) is 9.10 Å². The maximum Gasteiger partial charge on any atom is 0.410 e. The van der Waals surface area contributed by atoms with Gasteiger partial charge >= 0.3 is 12.1 Å². The number of likely N-dealkylation sites (tertiary alicyclic amines) is 1. The molecule has 12 heteroatoms. The number of carboxylic acid groups (broad SMARTS) is 1. The van der Waals surface area contributed by atoms with Crippen LogP contribution in [0, 0.1) is 11.3 Å². The number of ether oxygens (including phenoxy) is 2. The van der Waals surface area contributed by atoms with E-state index in [9.17, 15) is 23.1 Å². The van der Waals surface area contributed by atoms with Gasteiger partial charge in [0.05, 0.1) is 28.3 Å². The van der Waals surface area contributed by atoms with E-state index < -0.39 is 27.3 Å². The summed E-state index contributed by atoms with van der Waals surface area (Å²) in [6, 6.07) is 13.6. The number of carbonyl (C=O) groups is 2. The van der Waals surface area contributed by atoms with Crippen LogP contribution >= 0.6 is 15.9 Å². The van der Waals surface area contributed by atoms with Gasteiger partial charge in [-0.2, -0.15) is 5.26 Å². The number of amides is 1. The third-order valence-electron chi connectivity index (χ3n) is 5.83. The highest BCUT2D eigenvalue weighted by Crippen LogP contribution is 2.33. The molecule has 1 saturated heterocycles. The molecular weight excluding hydrogens is 602 g/mol. The molecule has 1 heterocycles. The van der Waals surface area contributed by atoms with Gasteiger partial charge in [-0.25, -0.2) is 13.2 Å². The number of benzene rings is 2. The number of anilines is 1. The summed E-state index contributed by atoms with van der Waals surface area (Å²) in [5.74, 6) is -2.04. The van der Waals surface area contributed by atoms with Crippen molar-refractivity contribution in [3.05, 3.63) is 64.1 Å². The Kier molecular flexibility index (Phi) is 10.2. The van der Waals surface area contributed by atoms with E-state index in [1.54, 1.807) is 59.5 Å². The highest BCUT2D eigenvalue weighted by molar-refractivity contribution is 9.10. The zero-order valence-corrected chi connectivity index (χ0v) is 24.9. The van der Waals surface area contributed by atoms with Crippen molar-refractivity contribution in [2.24, 2.45) is 0 Å². The first-order valence-corrected chi connectivity index (χ1v) is 15.0. The number of hydrogen-bond donors (Lipinski definition) is 1. The second kappa shape index (κ2) is 13.2. The van der Waals surface area contributed by atoms with Crippen LogP contribution in [0.25, 0.3) is 6.08 Å². The van der Waals surface area contributed by atoms with Gasteiger partial charge in [0.1, 0.15) is 17.5 Å². The van der Waals surface area contributed by atoms with Gasteiger partial charge in [0.2, 0.25) is 10.0 Å². The molecule has 1 N–H and O–H groups in total. The lowest BCUT2D eigenvalue weighted by Gasteiger charge is -2.33. The number of hydrogen-bond acceptors (Lipinski definition) is 7. The molecule has 0 atom stereocenters. The monoisotopic (exact) mass is 633 g/mol. The number of aliphatic carboxylic acids is 1. The zero-order chi connectivity index (χ0) is 29.5. The van der Waals surface area contributed by atoms with E-state index in [0.29, 0.717) is 47.3 Å². The van der Waals surface area contributed by atoms with Crippen molar-refractivity contribution in [2.75, 3.05) is 29.7 Å². The van der Waals surface area contributed by atoms with Gasteiger partial charge in [0.15, 0.2) is 5.75 Å². The summed E-state index contributed by atoms with van der Waals surface area (Å²) < 4.78 is 39.0. The molecule has 3 rings (SSSR count). The molecule has 0 aliphatic carbocycles. The number of nitrogens with zero attached hydrogens (tertiary/aromatic N) is 3. The summed E-state index contributed by atoms with van der Waals surface area (Å²) in [7, 11) is -4.21. The summed E-state index contributed by atoms with van der Waals surface area (Å²) in [6.45, 7) is 6.31. The average molecular weight is 635 g/mol. The van der Waals surface area contributed by atoms with Crippen LogP contribution in [0.4, 0.5) is 10.5 Å². The molecule has 0 aromatic heterocycles. The summed E-state index contributed by atoms with van der Waals surface area (Å²) >= 11 is 3.45. The molecule has 1 aliphatic rings. The van der Waals surface area contributed by atoms with Crippen molar-refractivity contribution in [2.45, 2.75) is 45.3 Å². The van der Waals surface area contributed by atoms with E-state index in [4.69, 9.17) is 14.7 Å². The largest absolute Gasteiger partial charge is 0.489 e. The van der Waals surface area contributed by atoms with Crippen LogP contribution in [0.3, 0.4) is 0 Å². The topological polar surface area (TPSA) is 137 Å². The Morgan fingerprint density at radius 3 is 2.50 bits per heavy atom. The quantitative estimate of drug-likeness (QED) is 0.406. The third kappa shape index (κ3) is 8.99. The Morgan fingerprint density at radius 2 is 1.90 bits per heavy atom. The zero-order valence-electron chi connectivity index (χ0n) is 22.5. The van der Waals surface area contributed by atoms with Crippen molar-refractivity contribution in [3.8, 4) is 11.8 Å². The summed E-state index contributed by atoms with van der Waals surface area (Å²) in [4.78, 5) is 25.2. The Bertz CT molecular complexity index is 1410. The highest BCUT2D eigenvalue weighted by Gasteiger charge is 2.29.